The Labute approximate surface area is 119 Å². The van der Waals surface area contributed by atoms with Crippen LogP contribution >= 0.6 is 0 Å². The summed E-state index contributed by atoms with van der Waals surface area (Å²) in [6.45, 7) is 6.12. The molecule has 3 N–H and O–H groups in total. The first-order valence-corrected chi connectivity index (χ1v) is 7.41. The van der Waals surface area contributed by atoms with Crippen LogP contribution in [0.2, 0.25) is 0 Å². The minimum atomic E-state index is -0.164. The summed E-state index contributed by atoms with van der Waals surface area (Å²) in [5, 5.41) is 13.5. The molecule has 6 heteroatoms. The highest BCUT2D eigenvalue weighted by atomic mass is 16.2. The van der Waals surface area contributed by atoms with Gasteiger partial charge in [0, 0.05) is 23.5 Å². The number of piperidine rings is 1. The van der Waals surface area contributed by atoms with Crippen molar-refractivity contribution in [3.05, 3.63) is 11.6 Å². The molecule has 3 rings (SSSR count). The van der Waals surface area contributed by atoms with Crippen LogP contribution in [0.15, 0.2) is 0 Å². The molecular weight excluding hydrogens is 254 g/mol. The lowest BCUT2D eigenvalue weighted by atomic mass is 9.96. The number of rotatable bonds is 2. The van der Waals surface area contributed by atoms with Crippen LogP contribution < -0.4 is 10.6 Å². The van der Waals surface area contributed by atoms with Crippen molar-refractivity contribution in [2.45, 2.75) is 70.0 Å². The summed E-state index contributed by atoms with van der Waals surface area (Å²) >= 11 is 0. The smallest absolute Gasteiger partial charge is 0.291 e. The zero-order valence-electron chi connectivity index (χ0n) is 12.4. The van der Waals surface area contributed by atoms with Crippen LogP contribution in [0.5, 0.6) is 0 Å². The second-order valence-electron chi connectivity index (χ2n) is 7.04. The highest BCUT2D eigenvalue weighted by molar-refractivity contribution is 5.90. The van der Waals surface area contributed by atoms with Crippen molar-refractivity contribution in [2.75, 3.05) is 0 Å². The Kier molecular flexibility index (Phi) is 3.28. The summed E-state index contributed by atoms with van der Waals surface area (Å²) < 4.78 is 0. The predicted octanol–water partition coefficient (Wildman–Crippen LogP) is 1.11. The SMILES string of the molecule is CC(C)(C)c1nc(C(=O)NC2CC3CCC(C2)N3)n[nH]1. The molecule has 0 radical (unpaired) electrons. The van der Waals surface area contributed by atoms with Gasteiger partial charge >= 0.3 is 0 Å². The van der Waals surface area contributed by atoms with E-state index in [1.54, 1.807) is 0 Å². The van der Waals surface area contributed by atoms with E-state index < -0.39 is 0 Å². The van der Waals surface area contributed by atoms with E-state index in [0.29, 0.717) is 12.1 Å². The summed E-state index contributed by atoms with van der Waals surface area (Å²) in [6, 6.07) is 1.38. The lowest BCUT2D eigenvalue weighted by Crippen LogP contribution is -2.48. The van der Waals surface area contributed by atoms with Crippen LogP contribution in [0.1, 0.15) is 62.9 Å². The number of carbonyl (C=O) groups excluding carboxylic acids is 1. The molecule has 0 aliphatic carbocycles. The molecule has 6 nitrogen and oxygen atoms in total. The van der Waals surface area contributed by atoms with Gasteiger partial charge in [0.15, 0.2) is 0 Å². The molecule has 20 heavy (non-hydrogen) atoms. The Morgan fingerprint density at radius 1 is 1.25 bits per heavy atom. The summed E-state index contributed by atoms with van der Waals surface area (Å²) in [4.78, 5) is 16.5. The number of carbonyl (C=O) groups is 1. The average molecular weight is 277 g/mol. The van der Waals surface area contributed by atoms with Crippen LogP contribution in [0, 0.1) is 0 Å². The third-order valence-corrected chi connectivity index (χ3v) is 4.21. The van der Waals surface area contributed by atoms with Gasteiger partial charge in [0.2, 0.25) is 5.82 Å². The first kappa shape index (κ1) is 13.5. The molecule has 2 saturated heterocycles. The molecule has 2 aliphatic heterocycles. The number of nitrogens with zero attached hydrogens (tertiary/aromatic N) is 2. The van der Waals surface area contributed by atoms with Gasteiger partial charge in [-0.15, -0.1) is 5.10 Å². The Balaban J connectivity index is 1.63. The van der Waals surface area contributed by atoms with Gasteiger partial charge in [-0.1, -0.05) is 20.8 Å². The zero-order valence-corrected chi connectivity index (χ0v) is 12.4. The summed E-state index contributed by atoms with van der Waals surface area (Å²) in [5.74, 6) is 0.830. The monoisotopic (exact) mass is 277 g/mol. The highest BCUT2D eigenvalue weighted by Gasteiger charge is 2.34. The van der Waals surface area contributed by atoms with E-state index in [-0.39, 0.29) is 23.2 Å². The molecule has 110 valence electrons. The molecule has 2 unspecified atom stereocenters. The molecule has 1 amide bonds. The lowest BCUT2D eigenvalue weighted by molar-refractivity contribution is 0.0913. The molecular formula is C14H23N5O. The molecule has 0 aromatic carbocycles. The molecule has 2 aliphatic rings. The predicted molar refractivity (Wildman–Crippen MR) is 75.5 cm³/mol. The van der Waals surface area contributed by atoms with Gasteiger partial charge in [-0.25, -0.2) is 4.98 Å². The van der Waals surface area contributed by atoms with Gasteiger partial charge in [0.1, 0.15) is 5.82 Å². The first-order chi connectivity index (χ1) is 9.41. The van der Waals surface area contributed by atoms with Crippen molar-refractivity contribution in [1.82, 2.24) is 25.8 Å². The fourth-order valence-electron chi connectivity index (χ4n) is 3.12. The van der Waals surface area contributed by atoms with Gasteiger partial charge < -0.3 is 10.6 Å². The summed E-state index contributed by atoms with van der Waals surface area (Å²) in [6.07, 6.45) is 4.48. The van der Waals surface area contributed by atoms with Crippen LogP contribution in [-0.2, 0) is 5.41 Å². The molecule has 0 saturated carbocycles. The molecule has 1 aromatic heterocycles. The fourth-order valence-corrected chi connectivity index (χ4v) is 3.12. The van der Waals surface area contributed by atoms with Gasteiger partial charge in [-0.3, -0.25) is 9.89 Å². The normalized spacial score (nSPS) is 29.4. The lowest BCUT2D eigenvalue weighted by Gasteiger charge is -2.29. The van der Waals surface area contributed by atoms with Crippen LogP contribution in [0.25, 0.3) is 0 Å². The summed E-state index contributed by atoms with van der Waals surface area (Å²) in [7, 11) is 0. The molecule has 2 fully saturated rings. The maximum Gasteiger partial charge on any atom is 0.291 e. The Hall–Kier alpha value is -1.43. The Bertz CT molecular complexity index is 492. The van der Waals surface area contributed by atoms with Crippen molar-refractivity contribution in [2.24, 2.45) is 0 Å². The number of fused-ring (bicyclic) bond motifs is 2. The maximum atomic E-state index is 12.2. The van der Waals surface area contributed by atoms with Crippen molar-refractivity contribution < 1.29 is 4.79 Å². The minimum absolute atomic E-state index is 0.126. The van der Waals surface area contributed by atoms with Gasteiger partial charge in [0.25, 0.3) is 5.91 Å². The summed E-state index contributed by atoms with van der Waals surface area (Å²) in [5.41, 5.74) is -0.126. The standard InChI is InChI=1S/C14H23N5O/c1-14(2,3)13-17-11(18-19-13)12(20)16-10-6-8-4-5-9(7-10)15-8/h8-10,15H,4-7H2,1-3H3,(H,16,20)(H,17,18,19). The van der Waals surface area contributed by atoms with Crippen LogP contribution in [-0.4, -0.2) is 39.2 Å². The quantitative estimate of drug-likeness (QED) is 0.756. The zero-order chi connectivity index (χ0) is 14.3. The molecule has 3 heterocycles. The van der Waals surface area contributed by atoms with Crippen molar-refractivity contribution >= 4 is 5.91 Å². The van der Waals surface area contributed by atoms with E-state index in [2.05, 4.69) is 25.8 Å². The van der Waals surface area contributed by atoms with Crippen molar-refractivity contribution in [3.63, 3.8) is 0 Å². The van der Waals surface area contributed by atoms with E-state index in [1.165, 1.54) is 12.8 Å². The number of amides is 1. The van der Waals surface area contributed by atoms with E-state index in [4.69, 9.17) is 0 Å². The Morgan fingerprint density at radius 2 is 1.90 bits per heavy atom. The van der Waals surface area contributed by atoms with E-state index in [1.807, 2.05) is 20.8 Å². The highest BCUT2D eigenvalue weighted by Crippen LogP contribution is 2.26. The number of nitrogens with one attached hydrogen (secondary N) is 3. The van der Waals surface area contributed by atoms with Gasteiger partial charge in [0.05, 0.1) is 0 Å². The van der Waals surface area contributed by atoms with E-state index >= 15 is 0 Å². The average Bonchev–Trinajstić information content (AvgIpc) is 2.96. The molecule has 0 spiro atoms. The molecule has 2 atom stereocenters. The number of hydrogen-bond donors (Lipinski definition) is 3. The number of aromatic amines is 1. The number of hydrogen-bond acceptors (Lipinski definition) is 4. The topological polar surface area (TPSA) is 82.7 Å². The van der Waals surface area contributed by atoms with Gasteiger partial charge in [-0.05, 0) is 25.7 Å². The van der Waals surface area contributed by atoms with Crippen molar-refractivity contribution in [1.29, 1.82) is 0 Å². The largest absolute Gasteiger partial charge is 0.346 e. The third-order valence-electron chi connectivity index (χ3n) is 4.21. The maximum absolute atomic E-state index is 12.2. The number of aromatic nitrogens is 3. The third kappa shape index (κ3) is 2.70. The molecule has 1 aromatic rings. The Morgan fingerprint density at radius 3 is 2.45 bits per heavy atom. The fraction of sp³-hybridized carbons (Fsp3) is 0.786. The van der Waals surface area contributed by atoms with Crippen LogP contribution in [0.3, 0.4) is 0 Å². The molecule has 2 bridgehead atoms. The van der Waals surface area contributed by atoms with Gasteiger partial charge in [-0.2, -0.15) is 0 Å². The van der Waals surface area contributed by atoms with Crippen LogP contribution in [0.4, 0.5) is 0 Å². The van der Waals surface area contributed by atoms with Crippen molar-refractivity contribution in [3.8, 4) is 0 Å². The minimum Gasteiger partial charge on any atom is -0.346 e. The second-order valence-corrected chi connectivity index (χ2v) is 7.04. The van der Waals surface area contributed by atoms with E-state index in [9.17, 15) is 4.79 Å². The first-order valence-electron chi connectivity index (χ1n) is 7.41. The van der Waals surface area contributed by atoms with E-state index in [0.717, 1.165) is 18.7 Å². The second kappa shape index (κ2) is 4.84. The number of H-pyrrole nitrogens is 1.